The normalized spacial score (nSPS) is 15.6. The van der Waals surface area contributed by atoms with Crippen molar-refractivity contribution in [3.05, 3.63) is 12.7 Å². The molecule has 1 aliphatic rings. The summed E-state index contributed by atoms with van der Waals surface area (Å²) < 4.78 is 0. The monoisotopic (exact) mass is 780 g/mol. The Labute approximate surface area is 275 Å². The van der Waals surface area contributed by atoms with Gasteiger partial charge in [0.1, 0.15) is 0 Å². The maximum absolute atomic E-state index is 10.3. The van der Waals surface area contributed by atoms with E-state index in [2.05, 4.69) is 20.8 Å². The van der Waals surface area contributed by atoms with Gasteiger partial charge in [-0.1, -0.05) is 168 Å². The van der Waals surface area contributed by atoms with Crippen molar-refractivity contribution in [1.82, 2.24) is 0 Å². The number of carboxylic acids is 2. The Morgan fingerprint density at radius 2 is 0.833 bits per heavy atom. The van der Waals surface area contributed by atoms with Gasteiger partial charge in [-0.25, -0.2) is 0 Å². The number of carbonyl (C=O) groups is 2. The summed E-state index contributed by atoms with van der Waals surface area (Å²) in [6.45, 7) is 8.39. The molecule has 2 atom stereocenters. The second-order valence-electron chi connectivity index (χ2n) is 12.0. The average Bonchev–Trinajstić information content (AvgIpc) is 2.92. The van der Waals surface area contributed by atoms with Crippen molar-refractivity contribution < 1.29 is 46.3 Å². The molecule has 1 aliphatic carbocycles. The predicted molar refractivity (Wildman–Crippen MR) is 176 cm³/mol. The molecule has 0 aromatic heterocycles. The standard InChI is InChI=1S/2C14H28O2.C7H13N.H2O.Pt/c2*1-2-3-4-5-6-7-8-9-10-11-12-13-14(15)16;1-6-4-2-3-5-7(6)8;;/h2*2-13H2,1H3,(H,15,16);6-8H,1-5H2;1H2;/q;;-2;;+2/t;;6-,7-;;/m..1../s1. The molecule has 0 bridgehead atoms. The molecule has 0 radical (unpaired) electrons. The second-order valence-corrected chi connectivity index (χ2v) is 12.0. The van der Waals surface area contributed by atoms with E-state index in [0.29, 0.717) is 18.8 Å². The van der Waals surface area contributed by atoms with Crippen LogP contribution in [0.5, 0.6) is 0 Å². The van der Waals surface area contributed by atoms with Crippen LogP contribution in [-0.2, 0) is 30.7 Å². The number of rotatable bonds is 24. The number of unbranched alkanes of at least 4 members (excludes halogenated alkanes) is 20. The van der Waals surface area contributed by atoms with Crippen molar-refractivity contribution in [1.29, 1.82) is 0 Å². The van der Waals surface area contributed by atoms with E-state index in [1.165, 1.54) is 135 Å². The third-order valence-electron chi connectivity index (χ3n) is 7.90. The van der Waals surface area contributed by atoms with Crippen molar-refractivity contribution in [2.24, 2.45) is 5.92 Å². The van der Waals surface area contributed by atoms with Crippen LogP contribution in [0.2, 0.25) is 0 Å². The molecular weight excluding hydrogens is 709 g/mol. The van der Waals surface area contributed by atoms with E-state index in [1.807, 2.05) is 0 Å². The summed E-state index contributed by atoms with van der Waals surface area (Å²) in [6, 6.07) is 0.142. The predicted octanol–water partition coefficient (Wildman–Crippen LogP) is 11.1. The van der Waals surface area contributed by atoms with Crippen LogP contribution in [0.3, 0.4) is 0 Å². The van der Waals surface area contributed by atoms with E-state index >= 15 is 0 Å². The Morgan fingerprint density at radius 3 is 1.05 bits per heavy atom. The first-order chi connectivity index (χ1) is 19.3. The van der Waals surface area contributed by atoms with Crippen molar-refractivity contribution in [2.45, 2.75) is 200 Å². The molecule has 0 spiro atoms. The third kappa shape index (κ3) is 44.0. The maximum atomic E-state index is 10.3. The van der Waals surface area contributed by atoms with Gasteiger partial charge in [-0.3, -0.25) is 9.59 Å². The maximum Gasteiger partial charge on any atom is 2.00 e. The summed E-state index contributed by atoms with van der Waals surface area (Å²) in [5.74, 6) is -0.893. The van der Waals surface area contributed by atoms with Crippen molar-refractivity contribution in [2.75, 3.05) is 0 Å². The van der Waals surface area contributed by atoms with E-state index in [-0.39, 0.29) is 32.6 Å². The quantitative estimate of drug-likeness (QED) is 0.0746. The molecule has 5 N–H and O–H groups in total. The Balaban J connectivity index is -0.000000264. The first-order valence-electron chi connectivity index (χ1n) is 17.3. The van der Waals surface area contributed by atoms with E-state index in [0.717, 1.165) is 32.1 Å². The van der Waals surface area contributed by atoms with Crippen molar-refractivity contribution in [3.8, 4) is 0 Å². The number of aliphatic carboxylic acids is 2. The minimum atomic E-state index is -0.657. The van der Waals surface area contributed by atoms with Crippen LogP contribution in [0.4, 0.5) is 0 Å². The fourth-order valence-corrected chi connectivity index (χ4v) is 5.09. The fourth-order valence-electron chi connectivity index (χ4n) is 5.09. The topological polar surface area (TPSA) is 130 Å². The van der Waals surface area contributed by atoms with E-state index in [1.54, 1.807) is 0 Å². The molecule has 6 nitrogen and oxygen atoms in total. The molecule has 1 rings (SSSR count). The molecule has 0 aromatic carbocycles. The average molecular weight is 781 g/mol. The molecule has 1 saturated carbocycles. The molecule has 0 unspecified atom stereocenters. The van der Waals surface area contributed by atoms with Gasteiger partial charge in [0, 0.05) is 12.8 Å². The fraction of sp³-hybridized carbons (Fsp3) is 0.914. The Morgan fingerprint density at radius 1 is 0.571 bits per heavy atom. The molecular formula is C35H71NO5Pt. The SMILES string of the molecule is CCCCCCCCCCCCCC(=O)O.CCCCCCCCCCCCCC(=O)O.O.[CH2-][C@@H]1CCCC[C@H]1[NH-].[Pt+2]. The van der Waals surface area contributed by atoms with E-state index in [4.69, 9.17) is 15.9 Å². The molecule has 0 aliphatic heterocycles. The second kappa shape index (κ2) is 40.5. The molecule has 42 heavy (non-hydrogen) atoms. The Kier molecular flexibility index (Phi) is 46.8. The van der Waals surface area contributed by atoms with Gasteiger partial charge in [-0.15, -0.1) is 0 Å². The Bertz CT molecular complexity index is 490. The summed E-state index contributed by atoms with van der Waals surface area (Å²) in [5, 5.41) is 16.9. The summed E-state index contributed by atoms with van der Waals surface area (Å²) in [6.07, 6.45) is 33.5. The van der Waals surface area contributed by atoms with Crippen LogP contribution in [0.1, 0.15) is 194 Å². The van der Waals surface area contributed by atoms with Gasteiger partial charge < -0.3 is 28.3 Å². The van der Waals surface area contributed by atoms with Crippen LogP contribution < -0.4 is 0 Å². The summed E-state index contributed by atoms with van der Waals surface area (Å²) in [7, 11) is 0. The summed E-state index contributed by atoms with van der Waals surface area (Å²) in [4.78, 5) is 20.5. The first-order valence-corrected chi connectivity index (χ1v) is 17.3. The van der Waals surface area contributed by atoms with Gasteiger partial charge in [-0.2, -0.15) is 12.0 Å². The number of carboxylic acid groups (broad SMARTS) is 2. The number of nitrogens with one attached hydrogen (secondary N) is 1. The van der Waals surface area contributed by atoms with Crippen LogP contribution in [0, 0.1) is 12.8 Å². The molecule has 256 valence electrons. The smallest absolute Gasteiger partial charge is 0.677 e. The molecule has 1 fully saturated rings. The molecule has 0 heterocycles. The zero-order chi connectivity index (χ0) is 30.1. The van der Waals surface area contributed by atoms with Gasteiger partial charge in [0.05, 0.1) is 0 Å². The largest absolute Gasteiger partial charge is 2.00 e. The number of hydrogen-bond acceptors (Lipinski definition) is 2. The van der Waals surface area contributed by atoms with Gasteiger partial charge in [0.15, 0.2) is 0 Å². The molecule has 0 saturated heterocycles. The van der Waals surface area contributed by atoms with E-state index in [9.17, 15) is 9.59 Å². The molecule has 0 amide bonds. The zero-order valence-electron chi connectivity index (χ0n) is 27.7. The third-order valence-corrected chi connectivity index (χ3v) is 7.90. The molecule has 7 heteroatoms. The zero-order valence-corrected chi connectivity index (χ0v) is 30.0. The summed E-state index contributed by atoms with van der Waals surface area (Å²) >= 11 is 0. The van der Waals surface area contributed by atoms with Crippen LogP contribution in [0.15, 0.2) is 0 Å². The van der Waals surface area contributed by atoms with Gasteiger partial charge in [0.25, 0.3) is 0 Å². The van der Waals surface area contributed by atoms with Crippen LogP contribution in [0.25, 0.3) is 5.73 Å². The first kappa shape index (κ1) is 48.5. The van der Waals surface area contributed by atoms with Gasteiger partial charge >= 0.3 is 33.0 Å². The Hall–Kier alpha value is -0.452. The van der Waals surface area contributed by atoms with Crippen LogP contribution >= 0.6 is 0 Å². The minimum absolute atomic E-state index is 0. The number of hydrogen-bond donors (Lipinski definition) is 2. The minimum Gasteiger partial charge on any atom is -0.677 e. The summed E-state index contributed by atoms with van der Waals surface area (Å²) in [5.41, 5.74) is 7.42. The van der Waals surface area contributed by atoms with Gasteiger partial charge in [0.2, 0.25) is 0 Å². The van der Waals surface area contributed by atoms with Gasteiger partial charge in [-0.05, 0) is 12.8 Å². The molecule has 0 aromatic rings. The van der Waals surface area contributed by atoms with Crippen molar-refractivity contribution >= 4 is 11.9 Å². The van der Waals surface area contributed by atoms with Crippen LogP contribution in [-0.4, -0.2) is 33.7 Å². The van der Waals surface area contributed by atoms with E-state index < -0.39 is 11.9 Å². The van der Waals surface area contributed by atoms with Crippen molar-refractivity contribution in [3.63, 3.8) is 0 Å².